The van der Waals surface area contributed by atoms with E-state index in [9.17, 15) is 23.9 Å². The first kappa shape index (κ1) is 20.3. The van der Waals surface area contributed by atoms with Crippen LogP contribution in [-0.2, 0) is 4.79 Å². The number of aromatic nitrogens is 2. The van der Waals surface area contributed by atoms with Crippen molar-refractivity contribution in [3.8, 4) is 11.6 Å². The van der Waals surface area contributed by atoms with Gasteiger partial charge < -0.3 is 5.11 Å². The summed E-state index contributed by atoms with van der Waals surface area (Å²) in [6.07, 6.45) is 1.15. The zero-order valence-electron chi connectivity index (χ0n) is 16.0. The van der Waals surface area contributed by atoms with Crippen molar-refractivity contribution >= 4 is 35.0 Å². The topological polar surface area (TPSA) is 108 Å². The van der Waals surface area contributed by atoms with Gasteiger partial charge in [0.1, 0.15) is 11.4 Å². The molecule has 2 heterocycles. The van der Waals surface area contributed by atoms with Gasteiger partial charge in [0, 0.05) is 5.02 Å². The van der Waals surface area contributed by atoms with Crippen LogP contribution in [-0.4, -0.2) is 26.3 Å². The van der Waals surface area contributed by atoms with Crippen LogP contribution in [0.25, 0.3) is 11.8 Å². The average Bonchev–Trinajstić information content (AvgIpc) is 2.99. The molecule has 0 radical (unpaired) electrons. The van der Waals surface area contributed by atoms with E-state index in [-0.39, 0.29) is 22.5 Å². The number of carbonyl (C=O) groups excluding carboxylic acids is 1. The fourth-order valence-electron chi connectivity index (χ4n) is 3.11. The van der Waals surface area contributed by atoms with E-state index in [2.05, 4.69) is 10.1 Å². The Hall–Kier alpha value is -3.98. The van der Waals surface area contributed by atoms with Gasteiger partial charge in [-0.25, -0.2) is 13.8 Å². The Morgan fingerprint density at radius 2 is 1.81 bits per heavy atom. The molecular formula is C21H14ClFN4O4. The zero-order chi connectivity index (χ0) is 22.3. The molecule has 1 aliphatic heterocycles. The van der Waals surface area contributed by atoms with Crippen LogP contribution in [0.15, 0.2) is 68.8 Å². The maximum atomic E-state index is 13.2. The lowest BCUT2D eigenvalue weighted by molar-refractivity contribution is -0.114. The normalized spacial score (nSPS) is 14.9. The first-order valence-corrected chi connectivity index (χ1v) is 9.35. The van der Waals surface area contributed by atoms with Gasteiger partial charge in [-0.15, -0.1) is 0 Å². The van der Waals surface area contributed by atoms with E-state index in [4.69, 9.17) is 11.6 Å². The van der Waals surface area contributed by atoms with Crippen LogP contribution in [0.2, 0.25) is 5.02 Å². The molecule has 1 amide bonds. The first-order valence-electron chi connectivity index (χ1n) is 8.98. The van der Waals surface area contributed by atoms with Crippen LogP contribution in [0.1, 0.15) is 12.5 Å². The summed E-state index contributed by atoms with van der Waals surface area (Å²) in [6.45, 7) is 1.55. The highest BCUT2D eigenvalue weighted by molar-refractivity contribution is 6.32. The number of amides is 1. The number of hydrazone groups is 1. The summed E-state index contributed by atoms with van der Waals surface area (Å²) in [5.41, 5.74) is -1.20. The lowest BCUT2D eigenvalue weighted by atomic mass is 10.1. The lowest BCUT2D eigenvalue weighted by Crippen LogP contribution is -2.30. The lowest BCUT2D eigenvalue weighted by Gasteiger charge is -2.12. The minimum atomic E-state index is -0.880. The fraction of sp³-hybridized carbons (Fsp3) is 0.0476. The van der Waals surface area contributed by atoms with Gasteiger partial charge in [0.2, 0.25) is 5.88 Å². The van der Waals surface area contributed by atoms with Crippen molar-refractivity contribution in [3.63, 3.8) is 0 Å². The van der Waals surface area contributed by atoms with E-state index in [0.717, 1.165) is 15.7 Å². The largest absolute Gasteiger partial charge is 0.494 e. The van der Waals surface area contributed by atoms with Gasteiger partial charge in [-0.1, -0.05) is 17.7 Å². The molecule has 156 valence electrons. The molecule has 2 N–H and O–H groups in total. The van der Waals surface area contributed by atoms with E-state index >= 15 is 0 Å². The van der Waals surface area contributed by atoms with Crippen LogP contribution in [0.5, 0.6) is 5.88 Å². The van der Waals surface area contributed by atoms with E-state index in [1.54, 1.807) is 19.1 Å². The Morgan fingerprint density at radius 1 is 1.10 bits per heavy atom. The van der Waals surface area contributed by atoms with Crippen molar-refractivity contribution in [2.75, 3.05) is 5.01 Å². The Balaban J connectivity index is 1.82. The summed E-state index contributed by atoms with van der Waals surface area (Å²) < 4.78 is 14.0. The van der Waals surface area contributed by atoms with Crippen LogP contribution >= 0.6 is 11.6 Å². The molecule has 0 spiro atoms. The molecule has 0 atom stereocenters. The molecule has 1 aromatic heterocycles. The number of nitrogens with zero attached hydrogens (tertiary/aromatic N) is 3. The SMILES string of the molecule is CC1=NN(c2ccc(F)cc2)C(=O)C1=Cc1c(O)n(-c2cccc(Cl)c2)c(=O)[nH]c1=O. The van der Waals surface area contributed by atoms with Crippen LogP contribution < -0.4 is 16.3 Å². The zero-order valence-corrected chi connectivity index (χ0v) is 16.7. The van der Waals surface area contributed by atoms with Gasteiger partial charge in [-0.05, 0) is 55.5 Å². The highest BCUT2D eigenvalue weighted by Gasteiger charge is 2.30. The van der Waals surface area contributed by atoms with Gasteiger partial charge in [-0.3, -0.25) is 14.6 Å². The number of aromatic amines is 1. The number of rotatable bonds is 3. The summed E-state index contributed by atoms with van der Waals surface area (Å²) in [7, 11) is 0. The Bertz CT molecular complexity index is 1390. The Labute approximate surface area is 179 Å². The number of H-pyrrole nitrogens is 1. The maximum Gasteiger partial charge on any atom is 0.335 e. The molecule has 1 aliphatic rings. The predicted octanol–water partition coefficient (Wildman–Crippen LogP) is 2.83. The minimum Gasteiger partial charge on any atom is -0.494 e. The third-order valence-electron chi connectivity index (χ3n) is 4.61. The molecular weight excluding hydrogens is 427 g/mol. The summed E-state index contributed by atoms with van der Waals surface area (Å²) in [6, 6.07) is 11.3. The second-order valence-corrected chi connectivity index (χ2v) is 7.09. The molecule has 3 aromatic rings. The molecule has 8 nitrogen and oxygen atoms in total. The van der Waals surface area contributed by atoms with E-state index in [1.165, 1.54) is 36.4 Å². The molecule has 10 heteroatoms. The van der Waals surface area contributed by atoms with E-state index in [1.807, 2.05) is 0 Å². The summed E-state index contributed by atoms with van der Waals surface area (Å²) in [4.78, 5) is 39.7. The molecule has 0 aliphatic carbocycles. The maximum absolute atomic E-state index is 13.2. The highest BCUT2D eigenvalue weighted by atomic mass is 35.5. The monoisotopic (exact) mass is 440 g/mol. The average molecular weight is 441 g/mol. The smallest absolute Gasteiger partial charge is 0.335 e. The van der Waals surface area contributed by atoms with Gasteiger partial charge >= 0.3 is 5.69 Å². The molecule has 2 aromatic carbocycles. The number of hydrogen-bond donors (Lipinski definition) is 2. The minimum absolute atomic E-state index is 0.0291. The van der Waals surface area contributed by atoms with Gasteiger partial charge in [0.05, 0.1) is 22.7 Å². The fourth-order valence-corrected chi connectivity index (χ4v) is 3.29. The molecule has 0 fully saturated rings. The molecule has 0 saturated heterocycles. The van der Waals surface area contributed by atoms with E-state index < -0.39 is 28.9 Å². The second-order valence-electron chi connectivity index (χ2n) is 6.65. The number of carbonyl (C=O) groups is 1. The number of hydrogen-bond acceptors (Lipinski definition) is 5. The number of benzene rings is 2. The van der Waals surface area contributed by atoms with Crippen molar-refractivity contribution in [2.45, 2.75) is 6.92 Å². The van der Waals surface area contributed by atoms with Crippen LogP contribution in [0.4, 0.5) is 10.1 Å². The van der Waals surface area contributed by atoms with E-state index in [0.29, 0.717) is 10.7 Å². The van der Waals surface area contributed by atoms with Crippen molar-refractivity contribution in [1.82, 2.24) is 9.55 Å². The predicted molar refractivity (Wildman–Crippen MR) is 114 cm³/mol. The first-order chi connectivity index (χ1) is 14.8. The molecule has 31 heavy (non-hydrogen) atoms. The van der Waals surface area contributed by atoms with Crippen molar-refractivity contribution < 1.29 is 14.3 Å². The Morgan fingerprint density at radius 3 is 2.48 bits per heavy atom. The van der Waals surface area contributed by atoms with Crippen LogP contribution in [0.3, 0.4) is 0 Å². The number of halogens is 2. The number of aromatic hydroxyl groups is 1. The quantitative estimate of drug-likeness (QED) is 0.610. The van der Waals surface area contributed by atoms with Crippen molar-refractivity contribution in [3.05, 3.63) is 91.3 Å². The third-order valence-corrected chi connectivity index (χ3v) is 4.84. The van der Waals surface area contributed by atoms with Gasteiger partial charge in [0.25, 0.3) is 11.5 Å². The molecule has 0 saturated carbocycles. The number of nitrogens with one attached hydrogen (secondary N) is 1. The van der Waals surface area contributed by atoms with Crippen molar-refractivity contribution in [2.24, 2.45) is 5.10 Å². The molecule has 4 rings (SSSR count). The summed E-state index contributed by atoms with van der Waals surface area (Å²) >= 11 is 5.96. The molecule has 0 unspecified atom stereocenters. The van der Waals surface area contributed by atoms with Crippen molar-refractivity contribution in [1.29, 1.82) is 0 Å². The van der Waals surface area contributed by atoms with Crippen LogP contribution in [0, 0.1) is 5.82 Å². The number of anilines is 1. The van der Waals surface area contributed by atoms with Gasteiger partial charge in [0.15, 0.2) is 0 Å². The standard InChI is InChI=1S/C21H14ClFN4O4/c1-11-16(20(30)27(25-11)14-7-5-13(23)6-8-14)10-17-18(28)24-21(31)26(19(17)29)15-4-2-3-12(22)9-15/h2-10,29H,1H3,(H,24,28,31). The third kappa shape index (κ3) is 3.66. The molecule has 0 bridgehead atoms. The second kappa shape index (κ2) is 7.69. The summed E-state index contributed by atoms with van der Waals surface area (Å²) in [5.74, 6) is -1.71. The highest BCUT2D eigenvalue weighted by Crippen LogP contribution is 2.27. The van der Waals surface area contributed by atoms with Gasteiger partial charge in [-0.2, -0.15) is 10.1 Å². The summed E-state index contributed by atoms with van der Waals surface area (Å²) in [5, 5.41) is 16.2. The Kier molecular flexibility index (Phi) is 5.04.